The van der Waals surface area contributed by atoms with E-state index in [4.69, 9.17) is 0 Å². The molecule has 0 spiro atoms. The first-order valence-electron chi connectivity index (χ1n) is 22.4. The van der Waals surface area contributed by atoms with E-state index in [1.54, 1.807) is 0 Å². The molecule has 1 nitrogen and oxygen atoms in total. The van der Waals surface area contributed by atoms with Crippen molar-refractivity contribution in [3.8, 4) is 55.6 Å². The topological polar surface area (TPSA) is 3.24 Å². The van der Waals surface area contributed by atoms with Crippen molar-refractivity contribution in [1.29, 1.82) is 0 Å². The molecule has 0 heterocycles. The van der Waals surface area contributed by atoms with E-state index in [1.165, 1.54) is 87.6 Å². The molecule has 65 heavy (non-hydrogen) atoms. The number of rotatable bonds is 8. The van der Waals surface area contributed by atoms with E-state index in [0.29, 0.717) is 0 Å². The minimum atomic E-state index is 1.08. The SMILES string of the molecule is c1cc(-c2ccc(N(c3ccc(-c4cccc5ccccc45)cc3)c3cc(-c4ccc5ccccc5c4)ccc3-c3ccc4ccccc4c3)cc2)cc(-c2ccc3ccccc3c2)c1. The number of hydrogen-bond donors (Lipinski definition) is 0. The lowest BCUT2D eigenvalue weighted by molar-refractivity contribution is 1.28. The fraction of sp³-hybridized carbons (Fsp3) is 0. The van der Waals surface area contributed by atoms with E-state index >= 15 is 0 Å². The number of anilines is 3. The lowest BCUT2D eigenvalue weighted by Gasteiger charge is -2.29. The van der Waals surface area contributed by atoms with E-state index in [0.717, 1.165) is 28.2 Å². The van der Waals surface area contributed by atoms with Crippen LogP contribution >= 0.6 is 0 Å². The summed E-state index contributed by atoms with van der Waals surface area (Å²) in [5.74, 6) is 0. The van der Waals surface area contributed by atoms with Crippen molar-refractivity contribution in [2.24, 2.45) is 0 Å². The highest BCUT2D eigenvalue weighted by molar-refractivity contribution is 5.99. The van der Waals surface area contributed by atoms with E-state index in [9.17, 15) is 0 Å². The first-order chi connectivity index (χ1) is 32.2. The van der Waals surface area contributed by atoms with Gasteiger partial charge in [0.25, 0.3) is 0 Å². The van der Waals surface area contributed by atoms with Crippen molar-refractivity contribution in [3.63, 3.8) is 0 Å². The molecule has 12 rings (SSSR count). The zero-order chi connectivity index (χ0) is 43.1. The molecule has 0 radical (unpaired) electrons. The zero-order valence-electron chi connectivity index (χ0n) is 35.8. The quantitative estimate of drug-likeness (QED) is 0.148. The summed E-state index contributed by atoms with van der Waals surface area (Å²) in [5, 5.41) is 9.90. The van der Waals surface area contributed by atoms with Crippen LogP contribution in [0.25, 0.3) is 98.7 Å². The Morgan fingerprint density at radius 3 is 1.20 bits per heavy atom. The van der Waals surface area contributed by atoms with Crippen LogP contribution < -0.4 is 4.90 Å². The second-order valence-electron chi connectivity index (χ2n) is 17.0. The monoisotopic (exact) mass is 825 g/mol. The lowest BCUT2D eigenvalue weighted by atomic mass is 9.94. The van der Waals surface area contributed by atoms with Gasteiger partial charge in [0, 0.05) is 16.9 Å². The largest absolute Gasteiger partial charge is 0.310 e. The number of benzene rings is 12. The van der Waals surface area contributed by atoms with Gasteiger partial charge < -0.3 is 4.90 Å². The molecule has 12 aromatic carbocycles. The van der Waals surface area contributed by atoms with Crippen LogP contribution in [0.4, 0.5) is 17.1 Å². The Balaban J connectivity index is 1.02. The van der Waals surface area contributed by atoms with Crippen molar-refractivity contribution < 1.29 is 0 Å². The highest BCUT2D eigenvalue weighted by atomic mass is 15.1. The van der Waals surface area contributed by atoms with Crippen molar-refractivity contribution >= 4 is 60.2 Å². The Hall–Kier alpha value is -8.52. The molecule has 0 fully saturated rings. The molecule has 0 aliphatic rings. The number of fused-ring (bicyclic) bond motifs is 4. The Labute approximate surface area is 379 Å². The number of nitrogens with zero attached hydrogens (tertiary/aromatic N) is 1. The fourth-order valence-corrected chi connectivity index (χ4v) is 9.61. The molecule has 0 aromatic heterocycles. The van der Waals surface area contributed by atoms with E-state index in [-0.39, 0.29) is 0 Å². The highest BCUT2D eigenvalue weighted by Gasteiger charge is 2.20. The van der Waals surface area contributed by atoms with Gasteiger partial charge in [-0.3, -0.25) is 0 Å². The summed E-state index contributed by atoms with van der Waals surface area (Å²) in [5.41, 5.74) is 15.1. The molecule has 0 N–H and O–H groups in total. The summed E-state index contributed by atoms with van der Waals surface area (Å²) in [6.45, 7) is 0. The van der Waals surface area contributed by atoms with Crippen LogP contribution in [0.5, 0.6) is 0 Å². The van der Waals surface area contributed by atoms with Gasteiger partial charge in [0.1, 0.15) is 0 Å². The van der Waals surface area contributed by atoms with E-state index < -0.39 is 0 Å². The first kappa shape index (κ1) is 38.2. The predicted molar refractivity (Wildman–Crippen MR) is 278 cm³/mol. The Morgan fingerprint density at radius 2 is 0.600 bits per heavy atom. The van der Waals surface area contributed by atoms with Gasteiger partial charge >= 0.3 is 0 Å². The van der Waals surface area contributed by atoms with Gasteiger partial charge in [0.2, 0.25) is 0 Å². The second-order valence-corrected chi connectivity index (χ2v) is 17.0. The molecule has 12 aromatic rings. The van der Waals surface area contributed by atoms with Crippen molar-refractivity contribution in [2.75, 3.05) is 4.90 Å². The first-order valence-corrected chi connectivity index (χ1v) is 22.4. The standard InChI is InChI=1S/C64H43N/c1-4-15-50-40-55(26-23-44(50)11-1)54-20-9-19-53(39-54)47-29-34-59(35-30-47)65(60-36-31-49(32-37-60)62-22-10-18-48-14-7-8-21-61(48)62)64-43-57(56-27-24-45-12-2-5-16-51(45)41-56)33-38-63(64)58-28-25-46-13-3-6-17-52(46)42-58/h1-43H. The molecular weight excluding hydrogens is 783 g/mol. The van der Waals surface area contributed by atoms with Gasteiger partial charge in [0.05, 0.1) is 5.69 Å². The lowest BCUT2D eigenvalue weighted by Crippen LogP contribution is -2.11. The van der Waals surface area contributed by atoms with E-state index in [2.05, 4.69) is 266 Å². The predicted octanol–water partition coefficient (Wildman–Crippen LogP) is 18.1. The second kappa shape index (κ2) is 16.3. The average Bonchev–Trinajstić information content (AvgIpc) is 3.38. The molecule has 0 bridgehead atoms. The summed E-state index contributed by atoms with van der Waals surface area (Å²) in [7, 11) is 0. The van der Waals surface area contributed by atoms with Crippen LogP contribution in [0.3, 0.4) is 0 Å². The maximum atomic E-state index is 2.44. The maximum absolute atomic E-state index is 2.44. The third-order valence-electron chi connectivity index (χ3n) is 13.0. The summed E-state index contributed by atoms with van der Waals surface area (Å²) < 4.78 is 0. The smallest absolute Gasteiger partial charge is 0.0546 e. The Kier molecular flexibility index (Phi) is 9.58. The molecular formula is C64H43N. The van der Waals surface area contributed by atoms with Crippen LogP contribution in [-0.2, 0) is 0 Å². The molecule has 0 saturated carbocycles. The summed E-state index contributed by atoms with van der Waals surface area (Å²) in [6, 6.07) is 95.5. The van der Waals surface area contributed by atoms with E-state index in [1.807, 2.05) is 0 Å². The van der Waals surface area contributed by atoms with Crippen LogP contribution in [0.2, 0.25) is 0 Å². The third kappa shape index (κ3) is 7.30. The summed E-state index contributed by atoms with van der Waals surface area (Å²) in [6.07, 6.45) is 0. The Bertz CT molecular complexity index is 3710. The van der Waals surface area contributed by atoms with Crippen LogP contribution in [0.1, 0.15) is 0 Å². The highest BCUT2D eigenvalue weighted by Crippen LogP contribution is 2.45. The van der Waals surface area contributed by atoms with Gasteiger partial charge in [-0.1, -0.05) is 206 Å². The molecule has 0 unspecified atom stereocenters. The average molecular weight is 826 g/mol. The fourth-order valence-electron chi connectivity index (χ4n) is 9.61. The molecule has 1 heteroatoms. The maximum Gasteiger partial charge on any atom is 0.0546 e. The third-order valence-corrected chi connectivity index (χ3v) is 13.0. The molecule has 0 aliphatic heterocycles. The molecule has 304 valence electrons. The number of hydrogen-bond acceptors (Lipinski definition) is 1. The minimum Gasteiger partial charge on any atom is -0.310 e. The normalized spacial score (nSPS) is 11.4. The van der Waals surface area contributed by atoms with Crippen LogP contribution in [0, 0.1) is 0 Å². The van der Waals surface area contributed by atoms with Crippen LogP contribution in [-0.4, -0.2) is 0 Å². The molecule has 0 aliphatic carbocycles. The minimum absolute atomic E-state index is 1.08. The van der Waals surface area contributed by atoms with Gasteiger partial charge in [0.15, 0.2) is 0 Å². The molecule has 0 amide bonds. The van der Waals surface area contributed by atoms with Crippen molar-refractivity contribution in [3.05, 3.63) is 261 Å². The van der Waals surface area contributed by atoms with Gasteiger partial charge in [-0.25, -0.2) is 0 Å². The Morgan fingerprint density at radius 1 is 0.200 bits per heavy atom. The van der Waals surface area contributed by atoms with Crippen LogP contribution in [0.15, 0.2) is 261 Å². The molecule has 0 saturated heterocycles. The van der Waals surface area contributed by atoms with Crippen molar-refractivity contribution in [2.45, 2.75) is 0 Å². The van der Waals surface area contributed by atoms with Gasteiger partial charge in [-0.2, -0.15) is 0 Å². The van der Waals surface area contributed by atoms with Crippen molar-refractivity contribution in [1.82, 2.24) is 0 Å². The molecule has 0 atom stereocenters. The van der Waals surface area contributed by atoms with Gasteiger partial charge in [-0.05, 0) is 148 Å². The summed E-state index contributed by atoms with van der Waals surface area (Å²) in [4.78, 5) is 2.44. The zero-order valence-corrected chi connectivity index (χ0v) is 35.8. The van der Waals surface area contributed by atoms with Gasteiger partial charge in [-0.15, -0.1) is 0 Å². The summed E-state index contributed by atoms with van der Waals surface area (Å²) >= 11 is 0.